The third-order valence-corrected chi connectivity index (χ3v) is 3.58. The molecule has 1 aliphatic rings. The van der Waals surface area contributed by atoms with E-state index in [4.69, 9.17) is 0 Å². The van der Waals surface area contributed by atoms with Gasteiger partial charge >= 0.3 is 0 Å². The molecule has 5 nitrogen and oxygen atoms in total. The van der Waals surface area contributed by atoms with Crippen molar-refractivity contribution < 1.29 is 14.7 Å². The van der Waals surface area contributed by atoms with E-state index in [1.165, 1.54) is 0 Å². The summed E-state index contributed by atoms with van der Waals surface area (Å²) in [6.45, 7) is 5.97. The van der Waals surface area contributed by atoms with Crippen molar-refractivity contribution in [2.75, 3.05) is 6.54 Å². The van der Waals surface area contributed by atoms with Gasteiger partial charge in [0, 0.05) is 24.9 Å². The molecule has 1 atom stereocenters. The zero-order chi connectivity index (χ0) is 15.6. The van der Waals surface area contributed by atoms with Crippen LogP contribution in [0.2, 0.25) is 0 Å². The van der Waals surface area contributed by atoms with Crippen LogP contribution < -0.4 is 0 Å². The van der Waals surface area contributed by atoms with E-state index in [0.717, 1.165) is 12.0 Å². The average Bonchev–Trinajstić information content (AvgIpc) is 2.72. The number of hydrogen-bond donors (Lipinski definition) is 1. The smallest absolute Gasteiger partial charge is 0.290 e. The minimum atomic E-state index is -0.518. The van der Waals surface area contributed by atoms with Gasteiger partial charge in [0.05, 0.1) is 11.6 Å². The monoisotopic (exact) mass is 288 g/mol. The molecule has 0 spiro atoms. The lowest BCUT2D eigenvalue weighted by Crippen LogP contribution is -2.32. The molecule has 1 aromatic heterocycles. The van der Waals surface area contributed by atoms with Crippen molar-refractivity contribution in [2.24, 2.45) is 5.92 Å². The number of nitrogens with zero attached hydrogens (tertiary/aromatic N) is 2. The van der Waals surface area contributed by atoms with Crippen molar-refractivity contribution in [1.29, 1.82) is 0 Å². The Bertz CT molecular complexity index is 578. The second-order valence-corrected chi connectivity index (χ2v) is 5.46. The fourth-order valence-electron chi connectivity index (χ4n) is 2.58. The molecule has 0 saturated carbocycles. The van der Waals surface area contributed by atoms with Gasteiger partial charge in [-0.3, -0.25) is 14.6 Å². The van der Waals surface area contributed by atoms with Crippen LogP contribution in [0, 0.1) is 5.92 Å². The fourth-order valence-corrected chi connectivity index (χ4v) is 2.58. The Kier molecular flexibility index (Phi) is 4.40. The van der Waals surface area contributed by atoms with Crippen molar-refractivity contribution in [2.45, 2.75) is 33.2 Å². The van der Waals surface area contributed by atoms with E-state index >= 15 is 0 Å². The average molecular weight is 288 g/mol. The van der Waals surface area contributed by atoms with Gasteiger partial charge in [-0.05, 0) is 24.1 Å². The van der Waals surface area contributed by atoms with Gasteiger partial charge in [-0.25, -0.2) is 0 Å². The molecule has 112 valence electrons. The Labute approximate surface area is 124 Å². The first kappa shape index (κ1) is 15.2. The lowest BCUT2D eigenvalue weighted by Gasteiger charge is -2.26. The molecule has 0 fully saturated rings. The highest BCUT2D eigenvalue weighted by Gasteiger charge is 2.43. The molecule has 0 bridgehead atoms. The van der Waals surface area contributed by atoms with E-state index in [1.807, 2.05) is 6.92 Å². The van der Waals surface area contributed by atoms with Gasteiger partial charge < -0.3 is 10.0 Å². The Hall–Kier alpha value is -2.17. The third-order valence-electron chi connectivity index (χ3n) is 3.58. The van der Waals surface area contributed by atoms with Crippen LogP contribution in [0.1, 0.15) is 38.8 Å². The van der Waals surface area contributed by atoms with Crippen molar-refractivity contribution in [3.8, 4) is 0 Å². The number of carbonyl (C=O) groups is 2. The Morgan fingerprint density at radius 2 is 2.00 bits per heavy atom. The van der Waals surface area contributed by atoms with E-state index in [1.54, 1.807) is 43.3 Å². The second-order valence-electron chi connectivity index (χ2n) is 5.46. The summed E-state index contributed by atoms with van der Waals surface area (Å²) in [6.07, 6.45) is 4.00. The Balaban J connectivity index is 2.53. The predicted molar refractivity (Wildman–Crippen MR) is 78.5 cm³/mol. The van der Waals surface area contributed by atoms with E-state index < -0.39 is 17.7 Å². The number of ketones is 1. The van der Waals surface area contributed by atoms with Crippen LogP contribution in [0.5, 0.6) is 0 Å². The number of carbonyl (C=O) groups excluding carboxylic acids is 2. The lowest BCUT2D eigenvalue weighted by molar-refractivity contribution is -0.129. The molecule has 1 aliphatic heterocycles. The van der Waals surface area contributed by atoms with Gasteiger partial charge in [0.1, 0.15) is 0 Å². The van der Waals surface area contributed by atoms with Crippen LogP contribution in [0.15, 0.2) is 35.9 Å². The molecule has 0 aliphatic carbocycles. The van der Waals surface area contributed by atoms with Gasteiger partial charge in [-0.1, -0.05) is 20.8 Å². The van der Waals surface area contributed by atoms with Crippen LogP contribution >= 0.6 is 0 Å². The highest BCUT2D eigenvalue weighted by Crippen LogP contribution is 2.38. The largest absolute Gasteiger partial charge is 0.503 e. The van der Waals surface area contributed by atoms with Crippen LogP contribution in [0.4, 0.5) is 0 Å². The lowest BCUT2D eigenvalue weighted by atomic mass is 9.92. The number of pyridine rings is 1. The molecule has 2 heterocycles. The highest BCUT2D eigenvalue weighted by molar-refractivity contribution is 6.09. The molecule has 1 aromatic rings. The molecule has 1 amide bonds. The highest BCUT2D eigenvalue weighted by atomic mass is 16.3. The van der Waals surface area contributed by atoms with Gasteiger partial charge in [0.2, 0.25) is 0 Å². The van der Waals surface area contributed by atoms with Crippen LogP contribution in [0.3, 0.4) is 0 Å². The number of aliphatic hydroxyl groups excluding tert-OH is 1. The first-order valence-corrected chi connectivity index (χ1v) is 7.17. The second kappa shape index (κ2) is 6.08. The maximum atomic E-state index is 12.4. The summed E-state index contributed by atoms with van der Waals surface area (Å²) in [6, 6.07) is 3.02. The van der Waals surface area contributed by atoms with E-state index in [0.29, 0.717) is 6.54 Å². The summed E-state index contributed by atoms with van der Waals surface area (Å²) in [4.78, 5) is 30.2. The number of aliphatic hydroxyl groups is 1. The van der Waals surface area contributed by atoms with Crippen molar-refractivity contribution in [3.63, 3.8) is 0 Å². The standard InChI is InChI=1S/C16H20N2O3/c1-4-9-18-13(11-5-7-17-8-6-11)12(14(19)10(2)3)15(20)16(18)21/h5-8,10,13,20H,4,9H2,1-3H3. The maximum Gasteiger partial charge on any atom is 0.290 e. The van der Waals surface area contributed by atoms with Crippen molar-refractivity contribution in [3.05, 3.63) is 41.4 Å². The Morgan fingerprint density at radius 1 is 1.38 bits per heavy atom. The molecule has 21 heavy (non-hydrogen) atoms. The van der Waals surface area contributed by atoms with Crippen molar-refractivity contribution in [1.82, 2.24) is 9.88 Å². The molecular formula is C16H20N2O3. The predicted octanol–water partition coefficient (Wildman–Crippen LogP) is 2.41. The molecule has 2 rings (SSSR count). The van der Waals surface area contributed by atoms with Crippen LogP contribution in [-0.4, -0.2) is 33.2 Å². The normalized spacial score (nSPS) is 18.8. The zero-order valence-electron chi connectivity index (χ0n) is 12.5. The minimum Gasteiger partial charge on any atom is -0.503 e. The van der Waals surface area contributed by atoms with E-state index in [-0.39, 0.29) is 17.3 Å². The number of hydrogen-bond acceptors (Lipinski definition) is 4. The van der Waals surface area contributed by atoms with Crippen LogP contribution in [-0.2, 0) is 9.59 Å². The molecule has 1 unspecified atom stereocenters. The summed E-state index contributed by atoms with van der Waals surface area (Å²) >= 11 is 0. The number of aromatic nitrogens is 1. The topological polar surface area (TPSA) is 70.5 Å². The van der Waals surface area contributed by atoms with Crippen LogP contribution in [0.25, 0.3) is 0 Å². The third kappa shape index (κ3) is 2.68. The summed E-state index contributed by atoms with van der Waals surface area (Å²) in [5.41, 5.74) is 0.995. The molecule has 5 heteroatoms. The summed E-state index contributed by atoms with van der Waals surface area (Å²) in [7, 11) is 0. The SMILES string of the molecule is CCCN1C(=O)C(O)=C(C(=O)C(C)C)C1c1ccncc1. The van der Waals surface area contributed by atoms with Gasteiger partial charge in [0.25, 0.3) is 5.91 Å². The van der Waals surface area contributed by atoms with Gasteiger partial charge in [-0.15, -0.1) is 0 Å². The number of Topliss-reactive ketones (excluding diaryl/α,β-unsaturated/α-hetero) is 1. The summed E-state index contributed by atoms with van der Waals surface area (Å²) in [5.74, 6) is -1.35. The quantitative estimate of drug-likeness (QED) is 0.903. The van der Waals surface area contributed by atoms with E-state index in [2.05, 4.69) is 4.98 Å². The minimum absolute atomic E-state index is 0.193. The summed E-state index contributed by atoms with van der Waals surface area (Å²) in [5, 5.41) is 10.2. The van der Waals surface area contributed by atoms with Gasteiger partial charge in [0.15, 0.2) is 11.5 Å². The fraction of sp³-hybridized carbons (Fsp3) is 0.438. The molecular weight excluding hydrogens is 268 g/mol. The maximum absolute atomic E-state index is 12.4. The molecule has 0 radical (unpaired) electrons. The summed E-state index contributed by atoms with van der Waals surface area (Å²) < 4.78 is 0. The first-order valence-electron chi connectivity index (χ1n) is 7.17. The first-order chi connectivity index (χ1) is 9.99. The number of rotatable bonds is 5. The van der Waals surface area contributed by atoms with Gasteiger partial charge in [-0.2, -0.15) is 0 Å². The number of amides is 1. The van der Waals surface area contributed by atoms with E-state index in [9.17, 15) is 14.7 Å². The zero-order valence-corrected chi connectivity index (χ0v) is 12.5. The molecule has 1 N–H and O–H groups in total. The van der Waals surface area contributed by atoms with Crippen molar-refractivity contribution >= 4 is 11.7 Å². The Morgan fingerprint density at radius 3 is 2.52 bits per heavy atom. The molecule has 0 saturated heterocycles. The molecule has 0 aromatic carbocycles.